The summed E-state index contributed by atoms with van der Waals surface area (Å²) >= 11 is 0. The Hall–Kier alpha value is -1.16. The van der Waals surface area contributed by atoms with E-state index >= 15 is 0 Å². The van der Waals surface area contributed by atoms with Crippen LogP contribution in [0.25, 0.3) is 0 Å². The molecule has 0 amide bonds. The van der Waals surface area contributed by atoms with Crippen molar-refractivity contribution < 1.29 is 0 Å². The van der Waals surface area contributed by atoms with Crippen molar-refractivity contribution in [1.29, 1.82) is 0 Å². The predicted molar refractivity (Wildman–Crippen MR) is 61.6 cm³/mol. The second-order valence-corrected chi connectivity index (χ2v) is 4.85. The minimum Gasteiger partial charge on any atom is -0.316 e. The van der Waals surface area contributed by atoms with Crippen molar-refractivity contribution in [3.8, 4) is 0 Å². The maximum atomic E-state index is 11.8. The predicted octanol–water partition coefficient (Wildman–Crippen LogP) is 0.411. The Morgan fingerprint density at radius 2 is 2.31 bits per heavy atom. The molecule has 2 heterocycles. The van der Waals surface area contributed by atoms with E-state index in [4.69, 9.17) is 0 Å². The molecule has 1 aliphatic carbocycles. The second-order valence-electron chi connectivity index (χ2n) is 4.85. The van der Waals surface area contributed by atoms with Crippen molar-refractivity contribution in [2.45, 2.75) is 32.1 Å². The molecule has 0 spiro atoms. The van der Waals surface area contributed by atoms with Gasteiger partial charge in [-0.1, -0.05) is 0 Å². The number of aromatic amines is 1. The minimum absolute atomic E-state index is 0.100. The molecule has 1 aliphatic heterocycles. The summed E-state index contributed by atoms with van der Waals surface area (Å²) in [6.07, 6.45) is 5.08. The Morgan fingerprint density at radius 1 is 1.38 bits per heavy atom. The Balaban J connectivity index is 1.85. The molecule has 2 aliphatic rings. The zero-order chi connectivity index (χ0) is 11.0. The lowest BCUT2D eigenvalue weighted by Crippen LogP contribution is -2.20. The van der Waals surface area contributed by atoms with Gasteiger partial charge >= 0.3 is 0 Å². The molecular formula is C12H17N3O. The van der Waals surface area contributed by atoms with Crippen molar-refractivity contribution in [3.63, 3.8) is 0 Å². The van der Waals surface area contributed by atoms with Crippen LogP contribution < -0.4 is 10.9 Å². The van der Waals surface area contributed by atoms with E-state index in [-0.39, 0.29) is 5.56 Å². The smallest absolute Gasteiger partial charge is 0.254 e. The molecule has 1 fully saturated rings. The highest BCUT2D eigenvalue weighted by atomic mass is 16.1. The maximum Gasteiger partial charge on any atom is 0.254 e. The molecule has 4 nitrogen and oxygen atoms in total. The number of aromatic nitrogens is 2. The van der Waals surface area contributed by atoms with Crippen molar-refractivity contribution >= 4 is 0 Å². The van der Waals surface area contributed by atoms with E-state index in [1.54, 1.807) is 0 Å². The Morgan fingerprint density at radius 3 is 3.12 bits per heavy atom. The van der Waals surface area contributed by atoms with Gasteiger partial charge in [-0.3, -0.25) is 4.79 Å². The quantitative estimate of drug-likeness (QED) is 0.757. The van der Waals surface area contributed by atoms with E-state index in [0.29, 0.717) is 5.92 Å². The van der Waals surface area contributed by atoms with E-state index in [2.05, 4.69) is 15.3 Å². The van der Waals surface area contributed by atoms with Crippen LogP contribution in [-0.4, -0.2) is 23.1 Å². The van der Waals surface area contributed by atoms with Gasteiger partial charge in [-0.05, 0) is 44.7 Å². The van der Waals surface area contributed by atoms with Gasteiger partial charge < -0.3 is 10.3 Å². The molecular weight excluding hydrogens is 202 g/mol. The fourth-order valence-electron chi connectivity index (χ4n) is 2.75. The largest absolute Gasteiger partial charge is 0.316 e. The number of aryl methyl sites for hydroxylation is 1. The lowest BCUT2D eigenvalue weighted by molar-refractivity contribution is 0.558. The van der Waals surface area contributed by atoms with Crippen LogP contribution in [0.2, 0.25) is 0 Å². The molecule has 1 unspecified atom stereocenters. The first kappa shape index (κ1) is 10.0. The summed E-state index contributed by atoms with van der Waals surface area (Å²) in [5, 5.41) is 3.34. The van der Waals surface area contributed by atoms with Gasteiger partial charge in [-0.25, -0.2) is 4.98 Å². The van der Waals surface area contributed by atoms with Gasteiger partial charge in [0, 0.05) is 12.0 Å². The van der Waals surface area contributed by atoms with Crippen molar-refractivity contribution in [3.05, 3.63) is 27.4 Å². The average molecular weight is 219 g/mol. The first-order valence-corrected chi connectivity index (χ1v) is 6.14. The average Bonchev–Trinajstić information content (AvgIpc) is 2.87. The monoisotopic (exact) mass is 219 g/mol. The number of nitrogens with zero attached hydrogens (tertiary/aromatic N) is 1. The molecule has 1 saturated heterocycles. The normalized spacial score (nSPS) is 23.6. The topological polar surface area (TPSA) is 57.8 Å². The molecule has 0 aromatic carbocycles. The fourth-order valence-corrected chi connectivity index (χ4v) is 2.75. The van der Waals surface area contributed by atoms with E-state index < -0.39 is 0 Å². The number of H-pyrrole nitrogens is 1. The molecule has 4 heteroatoms. The molecule has 86 valence electrons. The van der Waals surface area contributed by atoms with Crippen LogP contribution in [0.3, 0.4) is 0 Å². The van der Waals surface area contributed by atoms with Gasteiger partial charge in [0.2, 0.25) is 0 Å². The third-order valence-corrected chi connectivity index (χ3v) is 3.63. The second kappa shape index (κ2) is 4.01. The number of hydrogen-bond donors (Lipinski definition) is 2. The third kappa shape index (κ3) is 1.78. The first-order valence-electron chi connectivity index (χ1n) is 6.14. The fraction of sp³-hybridized carbons (Fsp3) is 0.667. The molecule has 1 atom stereocenters. The van der Waals surface area contributed by atoms with E-state index in [0.717, 1.165) is 55.9 Å². The SMILES string of the molecule is O=c1[nH]c(CC2CCNC2)nc2c1CCC2. The van der Waals surface area contributed by atoms with Crippen LogP contribution in [0.1, 0.15) is 29.9 Å². The minimum atomic E-state index is 0.100. The van der Waals surface area contributed by atoms with Gasteiger partial charge in [-0.2, -0.15) is 0 Å². The van der Waals surface area contributed by atoms with Crippen LogP contribution in [0.15, 0.2) is 4.79 Å². The van der Waals surface area contributed by atoms with Gasteiger partial charge in [0.1, 0.15) is 5.82 Å². The van der Waals surface area contributed by atoms with Crippen molar-refractivity contribution in [2.75, 3.05) is 13.1 Å². The zero-order valence-corrected chi connectivity index (χ0v) is 9.38. The Bertz CT molecular complexity index is 446. The van der Waals surface area contributed by atoms with Crippen molar-refractivity contribution in [1.82, 2.24) is 15.3 Å². The Kier molecular flexibility index (Phi) is 2.52. The van der Waals surface area contributed by atoms with Crippen LogP contribution in [0.4, 0.5) is 0 Å². The summed E-state index contributed by atoms with van der Waals surface area (Å²) in [7, 11) is 0. The van der Waals surface area contributed by atoms with Crippen molar-refractivity contribution in [2.24, 2.45) is 5.92 Å². The number of fused-ring (bicyclic) bond motifs is 1. The summed E-state index contributed by atoms with van der Waals surface area (Å²) < 4.78 is 0. The van der Waals surface area contributed by atoms with Gasteiger partial charge in [0.25, 0.3) is 5.56 Å². The molecule has 1 aromatic heterocycles. The summed E-state index contributed by atoms with van der Waals surface area (Å²) in [6, 6.07) is 0. The zero-order valence-electron chi connectivity index (χ0n) is 9.38. The molecule has 16 heavy (non-hydrogen) atoms. The molecule has 2 N–H and O–H groups in total. The van der Waals surface area contributed by atoms with Crippen LogP contribution in [0.5, 0.6) is 0 Å². The highest BCUT2D eigenvalue weighted by Gasteiger charge is 2.20. The number of hydrogen-bond acceptors (Lipinski definition) is 3. The summed E-state index contributed by atoms with van der Waals surface area (Å²) in [4.78, 5) is 19.3. The maximum absolute atomic E-state index is 11.8. The number of nitrogens with one attached hydrogen (secondary N) is 2. The molecule has 0 radical (unpaired) electrons. The number of rotatable bonds is 2. The van der Waals surface area contributed by atoms with E-state index in [1.807, 2.05) is 0 Å². The molecule has 1 aromatic rings. The lowest BCUT2D eigenvalue weighted by Gasteiger charge is -2.08. The molecule has 0 bridgehead atoms. The van der Waals surface area contributed by atoms with E-state index in [9.17, 15) is 4.79 Å². The standard InChI is InChI=1S/C12H17N3O/c16-12-9-2-1-3-10(9)14-11(15-12)6-8-4-5-13-7-8/h8,13H,1-7H2,(H,14,15,16). The summed E-state index contributed by atoms with van der Waals surface area (Å²) in [5.74, 6) is 1.53. The van der Waals surface area contributed by atoms with Crippen LogP contribution >= 0.6 is 0 Å². The third-order valence-electron chi connectivity index (χ3n) is 3.63. The highest BCUT2D eigenvalue weighted by molar-refractivity contribution is 5.22. The summed E-state index contributed by atoms with van der Waals surface area (Å²) in [6.45, 7) is 2.15. The van der Waals surface area contributed by atoms with Gasteiger partial charge in [0.15, 0.2) is 0 Å². The first-order chi connectivity index (χ1) is 7.83. The lowest BCUT2D eigenvalue weighted by atomic mass is 10.0. The summed E-state index contributed by atoms with van der Waals surface area (Å²) in [5.41, 5.74) is 2.07. The van der Waals surface area contributed by atoms with Crippen LogP contribution in [-0.2, 0) is 19.3 Å². The Labute approximate surface area is 94.5 Å². The van der Waals surface area contributed by atoms with Gasteiger partial charge in [0.05, 0.1) is 5.69 Å². The highest BCUT2D eigenvalue weighted by Crippen LogP contribution is 2.17. The molecule has 3 rings (SSSR count). The van der Waals surface area contributed by atoms with Gasteiger partial charge in [-0.15, -0.1) is 0 Å². The molecule has 0 saturated carbocycles. The van der Waals surface area contributed by atoms with Crippen LogP contribution in [0, 0.1) is 5.92 Å². The van der Waals surface area contributed by atoms with E-state index in [1.165, 1.54) is 6.42 Å².